The Morgan fingerprint density at radius 3 is 2.41 bits per heavy atom. The van der Waals surface area contributed by atoms with Crippen molar-refractivity contribution in [2.45, 2.75) is 77.7 Å². The Labute approximate surface area is 178 Å². The normalized spacial score (nSPS) is 16.1. The maximum atomic E-state index is 12.4. The molecule has 0 saturated heterocycles. The van der Waals surface area contributed by atoms with Gasteiger partial charge in [-0.3, -0.25) is 0 Å². The quantitative estimate of drug-likeness (QED) is 0.443. The van der Waals surface area contributed by atoms with Gasteiger partial charge in [-0.2, -0.15) is 0 Å². The van der Waals surface area contributed by atoms with Gasteiger partial charge in [0, 0.05) is 26.0 Å². The first kappa shape index (κ1) is 23.6. The molecule has 0 unspecified atom stereocenters. The second-order valence-corrected chi connectivity index (χ2v) is 8.49. The Morgan fingerprint density at radius 2 is 1.86 bits per heavy atom. The van der Waals surface area contributed by atoms with Gasteiger partial charge in [-0.25, -0.2) is 14.8 Å². The molecule has 1 fully saturated rings. The lowest BCUT2D eigenvalue weighted by Gasteiger charge is -2.32. The van der Waals surface area contributed by atoms with Crippen LogP contribution >= 0.6 is 11.6 Å². The minimum Gasteiger partial charge on any atom is -0.444 e. The molecule has 1 aliphatic carbocycles. The van der Waals surface area contributed by atoms with Crippen LogP contribution < -0.4 is 10.6 Å². The zero-order valence-electron chi connectivity index (χ0n) is 18.0. The smallest absolute Gasteiger partial charge is 0.408 e. The molecule has 0 atom stereocenters. The summed E-state index contributed by atoms with van der Waals surface area (Å²) in [6, 6.07) is 0. The van der Waals surface area contributed by atoms with Gasteiger partial charge in [0.2, 0.25) is 5.28 Å². The summed E-state index contributed by atoms with van der Waals surface area (Å²) in [5, 5.41) is 6.54. The summed E-state index contributed by atoms with van der Waals surface area (Å²) in [4.78, 5) is 20.8. The van der Waals surface area contributed by atoms with E-state index in [-0.39, 0.29) is 5.28 Å². The van der Waals surface area contributed by atoms with Crippen LogP contribution in [0.25, 0.3) is 0 Å². The van der Waals surface area contributed by atoms with Crippen LogP contribution in [0.4, 0.5) is 10.6 Å². The molecule has 1 aliphatic rings. The highest BCUT2D eigenvalue weighted by Crippen LogP contribution is 2.32. The summed E-state index contributed by atoms with van der Waals surface area (Å²) in [6.07, 6.45) is 4.38. The van der Waals surface area contributed by atoms with Crippen molar-refractivity contribution < 1.29 is 19.0 Å². The lowest BCUT2D eigenvalue weighted by molar-refractivity contribution is -0.140. The average molecular weight is 429 g/mol. The number of nitrogens with one attached hydrogen (secondary N) is 2. The van der Waals surface area contributed by atoms with Gasteiger partial charge in [-0.1, -0.05) is 12.8 Å². The van der Waals surface area contributed by atoms with Crippen molar-refractivity contribution in [3.8, 4) is 0 Å². The molecule has 8 nitrogen and oxygen atoms in total. The van der Waals surface area contributed by atoms with Crippen molar-refractivity contribution in [2.75, 3.05) is 25.1 Å². The van der Waals surface area contributed by atoms with Crippen LogP contribution in [0.3, 0.4) is 0 Å². The Morgan fingerprint density at radius 1 is 1.24 bits per heavy atom. The van der Waals surface area contributed by atoms with Gasteiger partial charge < -0.3 is 24.8 Å². The van der Waals surface area contributed by atoms with Crippen LogP contribution in [-0.4, -0.2) is 47.0 Å². The maximum Gasteiger partial charge on any atom is 0.408 e. The lowest BCUT2D eigenvalue weighted by atomic mass is 9.97. The zero-order valence-corrected chi connectivity index (χ0v) is 18.8. The summed E-state index contributed by atoms with van der Waals surface area (Å²) in [5.41, 5.74) is -0.292. The minimum atomic E-state index is -0.594. The maximum absolute atomic E-state index is 12.4. The molecular weight excluding hydrogens is 396 g/mol. The topological polar surface area (TPSA) is 94.6 Å². The van der Waals surface area contributed by atoms with E-state index in [4.69, 9.17) is 25.8 Å². The minimum absolute atomic E-state index is 0.128. The predicted octanol–water partition coefficient (Wildman–Crippen LogP) is 4.45. The second-order valence-electron chi connectivity index (χ2n) is 8.15. The molecule has 29 heavy (non-hydrogen) atoms. The van der Waals surface area contributed by atoms with E-state index < -0.39 is 23.5 Å². The first-order valence-corrected chi connectivity index (χ1v) is 10.6. The fourth-order valence-electron chi connectivity index (χ4n) is 3.38. The molecule has 1 heterocycles. The lowest BCUT2D eigenvalue weighted by Crippen LogP contribution is -2.52. The van der Waals surface area contributed by atoms with Crippen LogP contribution in [0.2, 0.25) is 5.28 Å². The number of amides is 1. The van der Waals surface area contributed by atoms with Gasteiger partial charge in [-0.15, -0.1) is 0 Å². The first-order chi connectivity index (χ1) is 13.7. The van der Waals surface area contributed by atoms with Gasteiger partial charge in [0.15, 0.2) is 6.29 Å². The molecule has 0 bridgehead atoms. The number of ether oxygens (including phenoxy) is 3. The highest BCUT2D eigenvalue weighted by molar-refractivity contribution is 6.28. The summed E-state index contributed by atoms with van der Waals surface area (Å²) in [7, 11) is 0. The molecule has 1 aromatic rings. The second kappa shape index (κ2) is 10.4. The number of carbonyl (C=O) groups excluding carboxylic acids is 1. The van der Waals surface area contributed by atoms with Crippen molar-refractivity contribution in [3.63, 3.8) is 0 Å². The highest BCUT2D eigenvalue weighted by atomic mass is 35.5. The molecule has 2 rings (SSSR count). The molecular formula is C20H33ClN4O4. The van der Waals surface area contributed by atoms with Crippen LogP contribution in [0, 0.1) is 0 Å². The molecule has 0 spiro atoms. The van der Waals surface area contributed by atoms with Crippen LogP contribution in [0.15, 0.2) is 6.20 Å². The zero-order chi connectivity index (χ0) is 21.5. The number of hydrogen-bond acceptors (Lipinski definition) is 7. The number of aromatic nitrogens is 2. The fraction of sp³-hybridized carbons (Fsp3) is 0.750. The Hall–Kier alpha value is -1.64. The van der Waals surface area contributed by atoms with Crippen molar-refractivity contribution in [2.24, 2.45) is 0 Å². The van der Waals surface area contributed by atoms with E-state index in [0.717, 1.165) is 25.7 Å². The van der Waals surface area contributed by atoms with Crippen molar-refractivity contribution in [1.82, 2.24) is 15.3 Å². The molecule has 9 heteroatoms. The van der Waals surface area contributed by atoms with Gasteiger partial charge in [0.25, 0.3) is 0 Å². The highest BCUT2D eigenvalue weighted by Gasteiger charge is 2.37. The molecule has 164 valence electrons. The number of halogens is 1. The standard InChI is InChI=1S/C20H33ClN4O4/c1-6-27-16(28-7-2)14-12-22-17(21)24-15(14)23-13-20(10-8-9-11-20)25-18(26)29-19(3,4)5/h12,16H,6-11,13H2,1-5H3,(H,25,26)(H,22,23,24). The van der Waals surface area contributed by atoms with Gasteiger partial charge in [0.1, 0.15) is 11.4 Å². The Bertz CT molecular complexity index is 669. The molecule has 0 radical (unpaired) electrons. The van der Waals surface area contributed by atoms with Gasteiger partial charge in [0.05, 0.1) is 11.1 Å². The third-order valence-electron chi connectivity index (χ3n) is 4.60. The van der Waals surface area contributed by atoms with Crippen molar-refractivity contribution >= 4 is 23.5 Å². The van der Waals surface area contributed by atoms with E-state index in [0.29, 0.717) is 31.1 Å². The molecule has 1 saturated carbocycles. The van der Waals surface area contributed by atoms with Crippen LogP contribution in [0.1, 0.15) is 72.2 Å². The number of nitrogens with zero attached hydrogens (tertiary/aromatic N) is 2. The molecule has 0 aromatic carbocycles. The van der Waals surface area contributed by atoms with Crippen molar-refractivity contribution in [3.05, 3.63) is 17.0 Å². The number of anilines is 1. The first-order valence-electron chi connectivity index (χ1n) is 10.2. The van der Waals surface area contributed by atoms with Gasteiger partial charge in [-0.05, 0) is 59.1 Å². The number of carbonyl (C=O) groups is 1. The monoisotopic (exact) mass is 428 g/mol. The van der Waals surface area contributed by atoms with E-state index in [1.807, 2.05) is 34.6 Å². The van der Waals surface area contributed by atoms with Crippen LogP contribution in [-0.2, 0) is 14.2 Å². The summed E-state index contributed by atoms with van der Waals surface area (Å²) < 4.78 is 16.8. The van der Waals surface area contributed by atoms with E-state index in [1.165, 1.54) is 0 Å². The predicted molar refractivity (Wildman–Crippen MR) is 112 cm³/mol. The molecule has 0 aliphatic heterocycles. The van der Waals surface area contributed by atoms with E-state index in [2.05, 4.69) is 20.6 Å². The van der Waals surface area contributed by atoms with E-state index in [9.17, 15) is 4.79 Å². The van der Waals surface area contributed by atoms with Crippen LogP contribution in [0.5, 0.6) is 0 Å². The largest absolute Gasteiger partial charge is 0.444 e. The third kappa shape index (κ3) is 7.28. The van der Waals surface area contributed by atoms with Crippen molar-refractivity contribution in [1.29, 1.82) is 0 Å². The van der Waals surface area contributed by atoms with E-state index >= 15 is 0 Å². The van der Waals surface area contributed by atoms with Gasteiger partial charge >= 0.3 is 6.09 Å². The molecule has 2 N–H and O–H groups in total. The SMILES string of the molecule is CCOC(OCC)c1cnc(Cl)nc1NCC1(NC(=O)OC(C)(C)C)CCCC1. The average Bonchev–Trinajstić information content (AvgIpc) is 3.07. The number of alkyl carbamates (subject to hydrolysis) is 1. The summed E-state index contributed by atoms with van der Waals surface area (Å²) in [6.45, 7) is 10.8. The Balaban J connectivity index is 2.16. The number of rotatable bonds is 9. The van der Waals surface area contributed by atoms with E-state index in [1.54, 1.807) is 6.20 Å². The molecule has 1 amide bonds. The third-order valence-corrected chi connectivity index (χ3v) is 4.78. The summed E-state index contributed by atoms with van der Waals surface area (Å²) in [5.74, 6) is 0.536. The molecule has 1 aromatic heterocycles. The number of hydrogen-bond donors (Lipinski definition) is 2. The summed E-state index contributed by atoms with van der Waals surface area (Å²) >= 11 is 6.03. The Kier molecular flexibility index (Phi) is 8.48. The fourth-order valence-corrected chi connectivity index (χ4v) is 3.52.